The molecule has 37 heavy (non-hydrogen) atoms. The van der Waals surface area contributed by atoms with Gasteiger partial charge >= 0.3 is 6.18 Å². The molecule has 0 radical (unpaired) electrons. The van der Waals surface area contributed by atoms with Gasteiger partial charge in [0, 0.05) is 30.9 Å². The van der Waals surface area contributed by atoms with E-state index in [2.05, 4.69) is 33.7 Å². The minimum absolute atomic E-state index is 0.0380. The van der Waals surface area contributed by atoms with Crippen LogP contribution >= 0.6 is 0 Å². The molecule has 0 spiro atoms. The third kappa shape index (κ3) is 7.03. The predicted molar refractivity (Wildman–Crippen MR) is 128 cm³/mol. The molecule has 2 atom stereocenters. The number of hydrogen-bond acceptors (Lipinski definition) is 6. The topological polar surface area (TPSA) is 97.4 Å². The van der Waals surface area contributed by atoms with Gasteiger partial charge in [-0.05, 0) is 47.9 Å². The summed E-state index contributed by atoms with van der Waals surface area (Å²) in [6.45, 7) is 6.61. The zero-order valence-electron chi connectivity index (χ0n) is 20.9. The number of hydrogen-bond donors (Lipinski definition) is 1. The fraction of sp³-hybridized carbons (Fsp3) is 0.440. The van der Waals surface area contributed by atoms with Crippen molar-refractivity contribution < 1.29 is 32.2 Å². The summed E-state index contributed by atoms with van der Waals surface area (Å²) in [5, 5.41) is 0.0380. The van der Waals surface area contributed by atoms with Crippen LogP contribution in [0.3, 0.4) is 0 Å². The summed E-state index contributed by atoms with van der Waals surface area (Å²) in [6, 6.07) is 5.00. The fourth-order valence-corrected chi connectivity index (χ4v) is 4.49. The molecule has 1 saturated heterocycles. The summed E-state index contributed by atoms with van der Waals surface area (Å²) in [6.07, 6.45) is -2.22. The monoisotopic (exact) mass is 524 g/mol. The molecular formula is C25H28F4N4O4. The Bertz CT molecular complexity index is 1280. The number of rotatable bonds is 4. The number of aromatic nitrogens is 3. The van der Waals surface area contributed by atoms with Gasteiger partial charge < -0.3 is 14.6 Å². The Hall–Kier alpha value is -3.54. The van der Waals surface area contributed by atoms with Crippen LogP contribution in [0, 0.1) is 18.8 Å². The highest BCUT2D eigenvalue weighted by molar-refractivity contribution is 5.94. The molecule has 0 saturated carbocycles. The van der Waals surface area contributed by atoms with Crippen molar-refractivity contribution in [3.05, 3.63) is 63.3 Å². The van der Waals surface area contributed by atoms with E-state index < -0.39 is 23.9 Å². The first-order valence-corrected chi connectivity index (χ1v) is 11.6. The number of aryl methyl sites for hydroxylation is 1. The van der Waals surface area contributed by atoms with Crippen LogP contribution < -0.4 is 10.3 Å². The maximum absolute atomic E-state index is 13.6. The quantitative estimate of drug-likeness (QED) is 0.490. The van der Waals surface area contributed by atoms with Crippen LogP contribution in [0.4, 0.5) is 17.7 Å². The Balaban J connectivity index is 0.00000121. The van der Waals surface area contributed by atoms with E-state index in [-0.39, 0.29) is 34.1 Å². The molecule has 3 heterocycles. The van der Waals surface area contributed by atoms with E-state index in [1.165, 1.54) is 19.2 Å². The number of carbonyl (C=O) groups is 1. The van der Waals surface area contributed by atoms with Gasteiger partial charge in [0.2, 0.25) is 5.88 Å². The van der Waals surface area contributed by atoms with Gasteiger partial charge in [-0.15, -0.1) is 0 Å². The van der Waals surface area contributed by atoms with Gasteiger partial charge in [0.25, 0.3) is 11.5 Å². The highest BCUT2D eigenvalue weighted by atomic mass is 19.4. The summed E-state index contributed by atoms with van der Waals surface area (Å²) < 4.78 is 56.2. The van der Waals surface area contributed by atoms with E-state index in [1.807, 2.05) is 0 Å². The van der Waals surface area contributed by atoms with Gasteiger partial charge in [-0.25, -0.2) is 9.97 Å². The van der Waals surface area contributed by atoms with Crippen LogP contribution in [0.1, 0.15) is 47.6 Å². The molecule has 0 bridgehead atoms. The van der Waals surface area contributed by atoms with Crippen molar-refractivity contribution >= 4 is 16.8 Å². The number of pyridine rings is 1. The van der Waals surface area contributed by atoms with Crippen LogP contribution in [-0.2, 0) is 17.7 Å². The van der Waals surface area contributed by atoms with E-state index in [1.54, 1.807) is 11.0 Å². The first-order chi connectivity index (χ1) is 17.4. The number of amides is 1. The molecule has 1 aliphatic rings. The number of nitrogens with zero attached hydrogens (tertiary/aromatic N) is 3. The summed E-state index contributed by atoms with van der Waals surface area (Å²) in [4.78, 5) is 40.1. The SMILES string of the molecule is COF.Cc1nc2cc(C(F)(F)F)c(COc3ccc(C(=O)N4CC(C)CC(C)C4)cn3)cc2c(=O)[nH]1. The van der Waals surface area contributed by atoms with Crippen LogP contribution in [-0.4, -0.2) is 46.0 Å². The second kappa shape index (κ2) is 11.7. The molecule has 1 amide bonds. The number of piperidine rings is 1. The van der Waals surface area contributed by atoms with E-state index in [0.29, 0.717) is 30.5 Å². The van der Waals surface area contributed by atoms with Gasteiger partial charge in [-0.2, -0.15) is 18.1 Å². The Morgan fingerprint density at radius 3 is 2.41 bits per heavy atom. The van der Waals surface area contributed by atoms with Crippen molar-refractivity contribution in [3.63, 3.8) is 0 Å². The molecule has 1 aliphatic heterocycles. The lowest BCUT2D eigenvalue weighted by Gasteiger charge is -2.35. The number of aromatic amines is 1. The lowest BCUT2D eigenvalue weighted by atomic mass is 9.91. The van der Waals surface area contributed by atoms with Gasteiger partial charge in [0.15, 0.2) is 0 Å². The molecule has 1 aromatic carbocycles. The summed E-state index contributed by atoms with van der Waals surface area (Å²) >= 11 is 0. The number of ether oxygens (including phenoxy) is 1. The van der Waals surface area contributed by atoms with E-state index in [0.717, 1.165) is 25.7 Å². The zero-order valence-corrected chi connectivity index (χ0v) is 20.9. The largest absolute Gasteiger partial charge is 0.473 e. The minimum atomic E-state index is -4.66. The summed E-state index contributed by atoms with van der Waals surface area (Å²) in [5.41, 5.74) is -1.32. The van der Waals surface area contributed by atoms with Crippen LogP contribution in [0.25, 0.3) is 10.9 Å². The third-order valence-electron chi connectivity index (χ3n) is 5.87. The molecule has 1 N–H and O–H groups in total. The minimum Gasteiger partial charge on any atom is -0.473 e. The van der Waals surface area contributed by atoms with Gasteiger partial charge in [0.1, 0.15) is 12.4 Å². The number of benzene rings is 1. The van der Waals surface area contributed by atoms with E-state index in [9.17, 15) is 27.3 Å². The van der Waals surface area contributed by atoms with Crippen molar-refractivity contribution in [1.29, 1.82) is 0 Å². The molecular weight excluding hydrogens is 496 g/mol. The van der Waals surface area contributed by atoms with Crippen molar-refractivity contribution in [1.82, 2.24) is 19.9 Å². The van der Waals surface area contributed by atoms with Crippen molar-refractivity contribution in [2.75, 3.05) is 20.2 Å². The maximum atomic E-state index is 13.6. The van der Waals surface area contributed by atoms with Gasteiger partial charge in [-0.1, -0.05) is 13.8 Å². The third-order valence-corrected chi connectivity index (χ3v) is 5.87. The Morgan fingerprint density at radius 2 is 1.84 bits per heavy atom. The molecule has 4 rings (SSSR count). The van der Waals surface area contributed by atoms with E-state index >= 15 is 0 Å². The molecule has 8 nitrogen and oxygen atoms in total. The second-order valence-electron chi connectivity index (χ2n) is 9.16. The Labute approximate surface area is 210 Å². The van der Waals surface area contributed by atoms with Gasteiger partial charge in [0.05, 0.1) is 29.1 Å². The standard InChI is InChI=1S/C24H25F3N4O3.CH3FO/c1-13-6-14(2)11-31(10-13)23(33)16-4-5-21(28-9-16)34-12-17-7-18-20(8-19(17)24(25,26)27)29-15(3)30-22(18)32;1-3-2/h4-5,7-9,13-14H,6,10-12H2,1-3H3,(H,29,30,32);1H3. The highest BCUT2D eigenvalue weighted by Crippen LogP contribution is 2.34. The number of carbonyl (C=O) groups excluding carboxylic acids is 1. The van der Waals surface area contributed by atoms with Gasteiger partial charge in [-0.3, -0.25) is 9.59 Å². The molecule has 2 aromatic heterocycles. The Kier molecular flexibility index (Phi) is 8.85. The zero-order chi connectivity index (χ0) is 27.3. The second-order valence-corrected chi connectivity index (χ2v) is 9.16. The summed E-state index contributed by atoms with van der Waals surface area (Å²) in [5.74, 6) is 0.996. The number of halogens is 4. The van der Waals surface area contributed by atoms with Crippen molar-refractivity contribution in [2.24, 2.45) is 11.8 Å². The van der Waals surface area contributed by atoms with Crippen LogP contribution in [0.15, 0.2) is 35.3 Å². The first-order valence-electron chi connectivity index (χ1n) is 11.6. The average molecular weight is 525 g/mol. The highest BCUT2D eigenvalue weighted by Gasteiger charge is 2.34. The molecule has 0 aliphatic carbocycles. The average Bonchev–Trinajstić information content (AvgIpc) is 2.81. The lowest BCUT2D eigenvalue weighted by molar-refractivity contribution is -0.138. The lowest BCUT2D eigenvalue weighted by Crippen LogP contribution is -2.42. The van der Waals surface area contributed by atoms with Crippen molar-refractivity contribution in [3.8, 4) is 5.88 Å². The Morgan fingerprint density at radius 1 is 1.19 bits per heavy atom. The molecule has 12 heteroatoms. The number of likely N-dealkylation sites (tertiary alicyclic amines) is 1. The van der Waals surface area contributed by atoms with Crippen molar-refractivity contribution in [2.45, 2.75) is 40.0 Å². The number of fused-ring (bicyclic) bond motifs is 1. The molecule has 3 aromatic rings. The first kappa shape index (κ1) is 28.0. The molecule has 200 valence electrons. The fourth-order valence-electron chi connectivity index (χ4n) is 4.49. The van der Waals surface area contributed by atoms with E-state index in [4.69, 9.17) is 4.74 Å². The number of alkyl halides is 3. The van der Waals surface area contributed by atoms with Crippen LogP contribution in [0.2, 0.25) is 0 Å². The summed E-state index contributed by atoms with van der Waals surface area (Å²) in [7, 11) is 0.958. The molecule has 1 fully saturated rings. The maximum Gasteiger partial charge on any atom is 0.416 e. The number of nitrogens with one attached hydrogen (secondary N) is 1. The predicted octanol–water partition coefficient (Wildman–Crippen LogP) is 4.86. The van der Waals surface area contributed by atoms with Crippen LogP contribution in [0.5, 0.6) is 5.88 Å². The smallest absolute Gasteiger partial charge is 0.416 e. The molecule has 2 unspecified atom stereocenters. The normalized spacial score (nSPS) is 17.8. The number of H-pyrrole nitrogens is 1.